The fourth-order valence-electron chi connectivity index (χ4n) is 4.17. The van der Waals surface area contributed by atoms with E-state index in [1.165, 1.54) is 18.4 Å². The van der Waals surface area contributed by atoms with Crippen molar-refractivity contribution in [3.05, 3.63) is 35.9 Å². The number of hydrogen-bond acceptors (Lipinski definition) is 3. The van der Waals surface area contributed by atoms with E-state index in [-0.39, 0.29) is 6.04 Å². The zero-order valence-electron chi connectivity index (χ0n) is 14.9. The van der Waals surface area contributed by atoms with Crippen LogP contribution < -0.4 is 5.32 Å². The first kappa shape index (κ1) is 17.8. The van der Waals surface area contributed by atoms with Crippen molar-refractivity contribution in [2.75, 3.05) is 25.4 Å². The summed E-state index contributed by atoms with van der Waals surface area (Å²) in [6.07, 6.45) is 3.12. The first-order chi connectivity index (χ1) is 11.7. The van der Waals surface area contributed by atoms with E-state index in [0.29, 0.717) is 29.4 Å². The molecule has 1 aromatic carbocycles. The van der Waals surface area contributed by atoms with Crippen molar-refractivity contribution in [1.29, 1.82) is 0 Å². The van der Waals surface area contributed by atoms with E-state index in [0.717, 1.165) is 25.4 Å². The number of amides is 1. The second kappa shape index (κ2) is 8.39. The van der Waals surface area contributed by atoms with Gasteiger partial charge in [-0.05, 0) is 43.3 Å². The summed E-state index contributed by atoms with van der Waals surface area (Å²) in [7, 11) is 0. The molecule has 1 N–H and O–H groups in total. The number of piperidine rings is 1. The molecule has 3 unspecified atom stereocenters. The molecule has 3 atom stereocenters. The molecular formula is C20H30N2OS. The Morgan fingerprint density at radius 3 is 2.71 bits per heavy atom. The van der Waals surface area contributed by atoms with Crippen LogP contribution in [0, 0.1) is 11.8 Å². The highest BCUT2D eigenvalue weighted by atomic mass is 32.2. The van der Waals surface area contributed by atoms with E-state index in [9.17, 15) is 4.79 Å². The van der Waals surface area contributed by atoms with Gasteiger partial charge in [-0.2, -0.15) is 11.8 Å². The third kappa shape index (κ3) is 4.15. The molecule has 0 spiro atoms. The molecule has 0 aromatic heterocycles. The minimum atomic E-state index is 0.220. The summed E-state index contributed by atoms with van der Waals surface area (Å²) in [4.78, 5) is 15.2. The second-order valence-electron chi connectivity index (χ2n) is 7.29. The highest BCUT2D eigenvalue weighted by Gasteiger charge is 2.34. The Hall–Kier alpha value is -1.00. The van der Waals surface area contributed by atoms with Crippen LogP contribution in [0.4, 0.5) is 0 Å². The minimum Gasteiger partial charge on any atom is -0.334 e. The standard InChI is InChI=1S/C20H30N2OS/c1-15(17-8-10-21-11-9-17)14-19(23)22-12-13-24-16(2)20(22)18-6-4-3-5-7-18/h3-7,15-17,20-21H,8-14H2,1-2H3. The third-order valence-electron chi connectivity index (χ3n) is 5.64. The van der Waals surface area contributed by atoms with Gasteiger partial charge >= 0.3 is 0 Å². The number of nitrogens with one attached hydrogen (secondary N) is 1. The predicted octanol–water partition coefficient (Wildman–Crippen LogP) is 3.72. The van der Waals surface area contributed by atoms with E-state index in [1.807, 2.05) is 11.8 Å². The normalized spacial score (nSPS) is 27.0. The molecule has 2 saturated heterocycles. The number of hydrogen-bond donors (Lipinski definition) is 1. The number of carbonyl (C=O) groups excluding carboxylic acids is 1. The predicted molar refractivity (Wildman–Crippen MR) is 102 cm³/mol. The molecule has 0 saturated carbocycles. The molecule has 2 fully saturated rings. The highest BCUT2D eigenvalue weighted by molar-refractivity contribution is 8.00. The van der Waals surface area contributed by atoms with Crippen LogP contribution in [-0.2, 0) is 4.79 Å². The molecule has 24 heavy (non-hydrogen) atoms. The lowest BCUT2D eigenvalue weighted by molar-refractivity contribution is -0.135. The number of rotatable bonds is 4. The van der Waals surface area contributed by atoms with E-state index < -0.39 is 0 Å². The van der Waals surface area contributed by atoms with Crippen LogP contribution in [0.15, 0.2) is 30.3 Å². The molecule has 2 aliphatic rings. The Morgan fingerprint density at radius 1 is 1.29 bits per heavy atom. The zero-order valence-corrected chi connectivity index (χ0v) is 15.7. The topological polar surface area (TPSA) is 32.3 Å². The van der Waals surface area contributed by atoms with Crippen LogP contribution in [0.25, 0.3) is 0 Å². The van der Waals surface area contributed by atoms with Crippen LogP contribution in [0.3, 0.4) is 0 Å². The SMILES string of the molecule is CC(CC(=O)N1CCSC(C)C1c1ccccc1)C1CCNCC1. The molecule has 0 aliphatic carbocycles. The van der Waals surface area contributed by atoms with E-state index in [4.69, 9.17) is 0 Å². The molecule has 0 radical (unpaired) electrons. The quantitative estimate of drug-likeness (QED) is 0.902. The molecule has 1 aromatic rings. The Balaban J connectivity index is 1.69. The number of thioether (sulfide) groups is 1. The van der Waals surface area contributed by atoms with Gasteiger partial charge in [-0.25, -0.2) is 0 Å². The van der Waals surface area contributed by atoms with E-state index in [2.05, 4.69) is 54.4 Å². The Kier molecular flexibility index (Phi) is 6.23. The van der Waals surface area contributed by atoms with Gasteiger partial charge in [0.15, 0.2) is 0 Å². The molecule has 1 amide bonds. The zero-order chi connectivity index (χ0) is 16.9. The van der Waals surface area contributed by atoms with Crippen molar-refractivity contribution < 1.29 is 4.79 Å². The van der Waals surface area contributed by atoms with Crippen LogP contribution in [0.5, 0.6) is 0 Å². The van der Waals surface area contributed by atoms with E-state index in [1.54, 1.807) is 0 Å². The molecule has 3 nitrogen and oxygen atoms in total. The van der Waals surface area contributed by atoms with Gasteiger partial charge in [-0.1, -0.05) is 44.2 Å². The molecule has 2 heterocycles. The van der Waals surface area contributed by atoms with Crippen LogP contribution in [0.1, 0.15) is 44.7 Å². The number of nitrogens with zero attached hydrogens (tertiary/aromatic N) is 1. The molecule has 4 heteroatoms. The van der Waals surface area contributed by atoms with Gasteiger partial charge < -0.3 is 10.2 Å². The fourth-order valence-corrected chi connectivity index (χ4v) is 5.33. The first-order valence-corrected chi connectivity index (χ1v) is 10.4. The van der Waals surface area contributed by atoms with Gasteiger partial charge in [0.1, 0.15) is 0 Å². The van der Waals surface area contributed by atoms with Crippen molar-refractivity contribution in [3.63, 3.8) is 0 Å². The van der Waals surface area contributed by atoms with Gasteiger partial charge in [0.2, 0.25) is 5.91 Å². The summed E-state index contributed by atoms with van der Waals surface area (Å²) < 4.78 is 0. The average molecular weight is 347 g/mol. The summed E-state index contributed by atoms with van der Waals surface area (Å²) in [6.45, 7) is 7.62. The number of carbonyl (C=O) groups is 1. The fraction of sp³-hybridized carbons (Fsp3) is 0.650. The summed E-state index contributed by atoms with van der Waals surface area (Å²) in [5.74, 6) is 2.59. The molecule has 0 bridgehead atoms. The third-order valence-corrected chi connectivity index (χ3v) is 6.84. The monoisotopic (exact) mass is 346 g/mol. The summed E-state index contributed by atoms with van der Waals surface area (Å²) in [6, 6.07) is 10.8. The van der Waals surface area contributed by atoms with Gasteiger partial charge in [0.25, 0.3) is 0 Å². The summed E-state index contributed by atoms with van der Waals surface area (Å²) in [5.41, 5.74) is 1.28. The van der Waals surface area contributed by atoms with Gasteiger partial charge in [0.05, 0.1) is 6.04 Å². The Morgan fingerprint density at radius 2 is 2.00 bits per heavy atom. The summed E-state index contributed by atoms with van der Waals surface area (Å²) >= 11 is 1.99. The van der Waals surface area contributed by atoms with Crippen LogP contribution in [-0.4, -0.2) is 41.4 Å². The highest BCUT2D eigenvalue weighted by Crippen LogP contribution is 2.37. The maximum absolute atomic E-state index is 13.1. The van der Waals surface area contributed by atoms with Gasteiger partial charge in [-0.15, -0.1) is 0 Å². The first-order valence-electron chi connectivity index (χ1n) is 9.33. The maximum atomic E-state index is 13.1. The lowest BCUT2D eigenvalue weighted by atomic mass is 9.83. The minimum absolute atomic E-state index is 0.220. The van der Waals surface area contributed by atoms with Crippen molar-refractivity contribution in [2.45, 2.75) is 44.4 Å². The van der Waals surface area contributed by atoms with E-state index >= 15 is 0 Å². The Labute approximate surface area is 150 Å². The second-order valence-corrected chi connectivity index (χ2v) is 8.77. The number of benzene rings is 1. The van der Waals surface area contributed by atoms with Crippen LogP contribution >= 0.6 is 11.8 Å². The molecule has 2 aliphatic heterocycles. The van der Waals surface area contributed by atoms with Gasteiger partial charge in [-0.3, -0.25) is 4.79 Å². The van der Waals surface area contributed by atoms with Crippen LogP contribution in [0.2, 0.25) is 0 Å². The molecule has 3 rings (SSSR count). The molecule has 132 valence electrons. The Bertz CT molecular complexity index is 530. The van der Waals surface area contributed by atoms with Gasteiger partial charge in [0, 0.05) is 24.0 Å². The lowest BCUT2D eigenvalue weighted by Gasteiger charge is -2.41. The average Bonchev–Trinajstić information content (AvgIpc) is 2.63. The maximum Gasteiger partial charge on any atom is 0.223 e. The largest absolute Gasteiger partial charge is 0.334 e. The molecular weight excluding hydrogens is 316 g/mol. The summed E-state index contributed by atoms with van der Waals surface area (Å²) in [5, 5.41) is 3.88. The van der Waals surface area contributed by atoms with Crippen molar-refractivity contribution in [3.8, 4) is 0 Å². The van der Waals surface area contributed by atoms with Crippen molar-refractivity contribution in [2.24, 2.45) is 11.8 Å². The smallest absolute Gasteiger partial charge is 0.223 e. The van der Waals surface area contributed by atoms with Crippen molar-refractivity contribution in [1.82, 2.24) is 10.2 Å². The van der Waals surface area contributed by atoms with Crippen molar-refractivity contribution >= 4 is 17.7 Å². The lowest BCUT2D eigenvalue weighted by Crippen LogP contribution is -2.45.